The summed E-state index contributed by atoms with van der Waals surface area (Å²) in [4.78, 5) is 29.6. The fraction of sp³-hybridized carbons (Fsp3) is 0.211. The van der Waals surface area contributed by atoms with Gasteiger partial charge in [-0.25, -0.2) is 9.37 Å². The largest absolute Gasteiger partial charge is 0.491 e. The van der Waals surface area contributed by atoms with Gasteiger partial charge in [-0.15, -0.1) is 0 Å². The number of hydrogen-bond donors (Lipinski definition) is 1. The van der Waals surface area contributed by atoms with Gasteiger partial charge in [-0.05, 0) is 47.0 Å². The predicted octanol–water partition coefficient (Wildman–Crippen LogP) is 4.03. The van der Waals surface area contributed by atoms with Crippen LogP contribution in [0, 0.1) is 11.6 Å². The van der Waals surface area contributed by atoms with E-state index in [1.165, 1.54) is 19.5 Å². The van der Waals surface area contributed by atoms with E-state index in [-0.39, 0.29) is 34.1 Å². The van der Waals surface area contributed by atoms with Crippen molar-refractivity contribution in [2.75, 3.05) is 12.4 Å². The first-order chi connectivity index (χ1) is 13.4. The molecule has 1 amide bonds. The van der Waals surface area contributed by atoms with Gasteiger partial charge in [0.1, 0.15) is 11.4 Å². The normalized spacial score (nSPS) is 13.6. The van der Waals surface area contributed by atoms with Crippen molar-refractivity contribution in [3.8, 4) is 5.75 Å². The van der Waals surface area contributed by atoms with Crippen LogP contribution in [-0.2, 0) is 0 Å². The first kappa shape index (κ1) is 18.5. The molecule has 0 spiro atoms. The van der Waals surface area contributed by atoms with Crippen LogP contribution in [-0.4, -0.2) is 22.6 Å². The molecule has 28 heavy (non-hydrogen) atoms. The summed E-state index contributed by atoms with van der Waals surface area (Å²) in [7, 11) is 1.21. The van der Waals surface area contributed by atoms with Crippen molar-refractivity contribution >= 4 is 38.6 Å². The molecule has 4 rings (SSSR count). The standard InChI is InChI=1S/C19H14BrF2N3O3/c1-28-18-15(22)13(21)6-11-16(18)25(10-3-4-10)8-12(17(11)26)19(27)24-14-5-2-9(20)7-23-14/h2,5-8,10H,3-4H2,1H3,(H,23,24,27). The van der Waals surface area contributed by atoms with Gasteiger partial charge in [0.25, 0.3) is 5.91 Å². The molecule has 0 bridgehead atoms. The van der Waals surface area contributed by atoms with Gasteiger partial charge in [0.15, 0.2) is 11.6 Å². The number of nitrogens with zero attached hydrogens (tertiary/aromatic N) is 2. The minimum atomic E-state index is -1.21. The van der Waals surface area contributed by atoms with Crippen LogP contribution in [0.3, 0.4) is 0 Å². The van der Waals surface area contributed by atoms with Crippen LogP contribution in [0.25, 0.3) is 10.9 Å². The highest BCUT2D eigenvalue weighted by molar-refractivity contribution is 9.10. The Kier molecular flexibility index (Phi) is 4.62. The number of rotatable bonds is 4. The summed E-state index contributed by atoms with van der Waals surface area (Å²) < 4.78 is 35.6. The minimum absolute atomic E-state index is 0.0146. The molecule has 2 heterocycles. The summed E-state index contributed by atoms with van der Waals surface area (Å²) in [6.45, 7) is 0. The van der Waals surface area contributed by atoms with Crippen molar-refractivity contribution in [1.29, 1.82) is 0 Å². The zero-order valence-electron chi connectivity index (χ0n) is 14.6. The molecule has 1 aliphatic carbocycles. The van der Waals surface area contributed by atoms with E-state index in [1.54, 1.807) is 16.7 Å². The molecule has 1 aromatic carbocycles. The maximum Gasteiger partial charge on any atom is 0.262 e. The topological polar surface area (TPSA) is 73.2 Å². The molecule has 0 unspecified atom stereocenters. The van der Waals surface area contributed by atoms with Crippen molar-refractivity contribution in [2.45, 2.75) is 18.9 Å². The highest BCUT2D eigenvalue weighted by Crippen LogP contribution is 2.40. The molecule has 0 aliphatic heterocycles. The van der Waals surface area contributed by atoms with E-state index in [0.717, 1.165) is 23.4 Å². The van der Waals surface area contributed by atoms with E-state index in [9.17, 15) is 18.4 Å². The Morgan fingerprint density at radius 2 is 2.11 bits per heavy atom. The Balaban J connectivity index is 1.89. The lowest BCUT2D eigenvalue weighted by molar-refractivity contribution is 0.102. The zero-order chi connectivity index (χ0) is 20.0. The van der Waals surface area contributed by atoms with E-state index in [2.05, 4.69) is 26.2 Å². The van der Waals surface area contributed by atoms with E-state index in [0.29, 0.717) is 0 Å². The summed E-state index contributed by atoms with van der Waals surface area (Å²) in [6, 6.07) is 4.05. The number of nitrogens with one attached hydrogen (secondary N) is 1. The summed E-state index contributed by atoms with van der Waals surface area (Å²) in [5.74, 6) is -3.15. The fourth-order valence-corrected chi connectivity index (χ4v) is 3.29. The number of aromatic nitrogens is 2. The maximum absolute atomic E-state index is 14.2. The van der Waals surface area contributed by atoms with Crippen molar-refractivity contribution in [3.63, 3.8) is 0 Å². The second-order valence-electron chi connectivity index (χ2n) is 6.43. The molecule has 144 valence electrons. The van der Waals surface area contributed by atoms with Crippen LogP contribution < -0.4 is 15.5 Å². The average Bonchev–Trinajstić information content (AvgIpc) is 3.51. The fourth-order valence-electron chi connectivity index (χ4n) is 3.05. The Labute approximate surface area is 166 Å². The molecule has 6 nitrogen and oxygen atoms in total. The lowest BCUT2D eigenvalue weighted by Crippen LogP contribution is -2.24. The van der Waals surface area contributed by atoms with Crippen LogP contribution in [0.2, 0.25) is 0 Å². The van der Waals surface area contributed by atoms with Gasteiger partial charge < -0.3 is 14.6 Å². The van der Waals surface area contributed by atoms with E-state index >= 15 is 0 Å². The molecule has 9 heteroatoms. The van der Waals surface area contributed by atoms with Crippen LogP contribution in [0.4, 0.5) is 14.6 Å². The summed E-state index contributed by atoms with van der Waals surface area (Å²) >= 11 is 3.25. The quantitative estimate of drug-likeness (QED) is 0.652. The predicted molar refractivity (Wildman–Crippen MR) is 103 cm³/mol. The average molecular weight is 450 g/mol. The number of amides is 1. The van der Waals surface area contributed by atoms with Gasteiger partial charge in [0, 0.05) is 22.9 Å². The molecule has 2 aromatic heterocycles. The van der Waals surface area contributed by atoms with Gasteiger partial charge in [-0.3, -0.25) is 9.59 Å². The van der Waals surface area contributed by atoms with Crippen LogP contribution >= 0.6 is 15.9 Å². The van der Waals surface area contributed by atoms with Crippen molar-refractivity contribution in [3.05, 3.63) is 62.5 Å². The van der Waals surface area contributed by atoms with Gasteiger partial charge in [0.05, 0.1) is 18.0 Å². The van der Waals surface area contributed by atoms with Gasteiger partial charge in [0.2, 0.25) is 11.2 Å². The number of carbonyl (C=O) groups is 1. The molecule has 1 aliphatic rings. The number of carbonyl (C=O) groups excluding carboxylic acids is 1. The zero-order valence-corrected chi connectivity index (χ0v) is 16.2. The number of ether oxygens (including phenoxy) is 1. The van der Waals surface area contributed by atoms with Crippen molar-refractivity contribution in [1.82, 2.24) is 9.55 Å². The number of benzene rings is 1. The third kappa shape index (κ3) is 3.15. The first-order valence-electron chi connectivity index (χ1n) is 8.44. The van der Waals surface area contributed by atoms with Gasteiger partial charge in [-0.1, -0.05) is 0 Å². The number of halogens is 3. The van der Waals surface area contributed by atoms with Crippen LogP contribution in [0.15, 0.2) is 39.9 Å². The molecular formula is C19H14BrF2N3O3. The third-order valence-corrected chi connectivity index (χ3v) is 4.99. The smallest absolute Gasteiger partial charge is 0.262 e. The minimum Gasteiger partial charge on any atom is -0.491 e. The van der Waals surface area contributed by atoms with Crippen LogP contribution in [0.5, 0.6) is 5.75 Å². The third-order valence-electron chi connectivity index (χ3n) is 4.52. The number of fused-ring (bicyclic) bond motifs is 1. The van der Waals surface area contributed by atoms with Crippen molar-refractivity contribution in [2.24, 2.45) is 0 Å². The number of methoxy groups -OCH3 is 1. The Bertz CT molecular complexity index is 1160. The lowest BCUT2D eigenvalue weighted by Gasteiger charge is -2.16. The highest BCUT2D eigenvalue weighted by Gasteiger charge is 2.30. The van der Waals surface area contributed by atoms with E-state index in [1.807, 2.05) is 0 Å². The second kappa shape index (κ2) is 6.97. The van der Waals surface area contributed by atoms with E-state index < -0.39 is 23.0 Å². The Hall–Kier alpha value is -2.81. The van der Waals surface area contributed by atoms with E-state index in [4.69, 9.17) is 4.74 Å². The number of pyridine rings is 2. The Morgan fingerprint density at radius 1 is 1.36 bits per heavy atom. The summed E-state index contributed by atoms with van der Waals surface area (Å²) in [5.41, 5.74) is -0.747. The van der Waals surface area contributed by atoms with Gasteiger partial charge in [-0.2, -0.15) is 4.39 Å². The second-order valence-corrected chi connectivity index (χ2v) is 7.34. The monoisotopic (exact) mass is 449 g/mol. The molecule has 0 atom stereocenters. The lowest BCUT2D eigenvalue weighted by atomic mass is 10.1. The SMILES string of the molecule is COc1c(F)c(F)cc2c(=O)c(C(=O)Nc3ccc(Br)cn3)cn(C3CC3)c12. The first-order valence-corrected chi connectivity index (χ1v) is 9.23. The molecule has 0 saturated heterocycles. The van der Waals surface area contributed by atoms with Crippen LogP contribution in [0.1, 0.15) is 29.2 Å². The highest BCUT2D eigenvalue weighted by atomic mass is 79.9. The Morgan fingerprint density at radius 3 is 2.71 bits per heavy atom. The maximum atomic E-state index is 14.2. The molecule has 1 saturated carbocycles. The molecule has 3 aromatic rings. The van der Waals surface area contributed by atoms with Gasteiger partial charge >= 0.3 is 0 Å². The molecule has 1 fully saturated rings. The number of anilines is 1. The summed E-state index contributed by atoms with van der Waals surface area (Å²) in [5, 5.41) is 2.44. The molecular weight excluding hydrogens is 436 g/mol. The van der Waals surface area contributed by atoms with Crippen molar-refractivity contribution < 1.29 is 18.3 Å². The number of hydrogen-bond acceptors (Lipinski definition) is 4. The summed E-state index contributed by atoms with van der Waals surface area (Å²) in [6.07, 6.45) is 4.47. The molecule has 1 N–H and O–H groups in total. The molecule has 0 radical (unpaired) electrons.